The first-order valence-electron chi connectivity index (χ1n) is 8.43. The van der Waals surface area contributed by atoms with Crippen molar-refractivity contribution in [1.82, 2.24) is 15.3 Å². The van der Waals surface area contributed by atoms with Crippen LogP contribution in [0.2, 0.25) is 0 Å². The predicted molar refractivity (Wildman–Crippen MR) is 98.4 cm³/mol. The van der Waals surface area contributed by atoms with Crippen LogP contribution in [0.15, 0.2) is 35.3 Å². The number of fused-ring (bicyclic) bond motifs is 1. The molecule has 3 aromatic rings. The van der Waals surface area contributed by atoms with Gasteiger partial charge in [-0.15, -0.1) is 0 Å². The standard InChI is InChI=1S/C20H13F2N5O2/c1-10(17-3-2-11(7-23)9-25-17)26-19(28)5-13-14(8-24)12-4-15(21)16(22)6-18(12)27-20(13)29/h2-4,6,9-10H,5H2,1H3,(H,26,28)(H,27,29)/t10-/m1/s1. The summed E-state index contributed by atoms with van der Waals surface area (Å²) in [6, 6.07) is 7.95. The molecule has 2 heterocycles. The normalized spacial score (nSPS) is 11.5. The average Bonchev–Trinajstić information content (AvgIpc) is 2.70. The highest BCUT2D eigenvalue weighted by molar-refractivity contribution is 5.88. The van der Waals surface area contributed by atoms with E-state index in [2.05, 4.69) is 15.3 Å². The Kier molecular flexibility index (Phi) is 5.33. The van der Waals surface area contributed by atoms with E-state index in [1.165, 1.54) is 6.20 Å². The van der Waals surface area contributed by atoms with E-state index in [0.29, 0.717) is 11.3 Å². The second-order valence-corrected chi connectivity index (χ2v) is 6.28. The molecule has 0 radical (unpaired) electrons. The molecule has 0 fully saturated rings. The fraction of sp³-hybridized carbons (Fsp3) is 0.150. The van der Waals surface area contributed by atoms with Crippen LogP contribution in [0, 0.1) is 34.3 Å². The van der Waals surface area contributed by atoms with E-state index in [1.807, 2.05) is 6.07 Å². The lowest BCUT2D eigenvalue weighted by molar-refractivity contribution is -0.121. The molecular weight excluding hydrogens is 380 g/mol. The van der Waals surface area contributed by atoms with Gasteiger partial charge < -0.3 is 10.3 Å². The Morgan fingerprint density at radius 1 is 1.24 bits per heavy atom. The first-order valence-corrected chi connectivity index (χ1v) is 8.43. The zero-order valence-electron chi connectivity index (χ0n) is 15.1. The van der Waals surface area contributed by atoms with Gasteiger partial charge >= 0.3 is 0 Å². The molecule has 29 heavy (non-hydrogen) atoms. The van der Waals surface area contributed by atoms with Crippen LogP contribution in [0.3, 0.4) is 0 Å². The lowest BCUT2D eigenvalue weighted by atomic mass is 10.0. The number of H-pyrrole nitrogens is 1. The van der Waals surface area contributed by atoms with Gasteiger partial charge in [-0.05, 0) is 25.1 Å². The monoisotopic (exact) mass is 393 g/mol. The molecule has 3 rings (SSSR count). The molecule has 0 unspecified atom stereocenters. The Morgan fingerprint density at radius 3 is 2.59 bits per heavy atom. The molecule has 1 atom stereocenters. The number of hydrogen-bond acceptors (Lipinski definition) is 5. The Morgan fingerprint density at radius 2 is 1.97 bits per heavy atom. The highest BCUT2D eigenvalue weighted by Crippen LogP contribution is 2.21. The Hall–Kier alpha value is -4.11. The zero-order valence-corrected chi connectivity index (χ0v) is 15.1. The number of halogens is 2. The number of nitrogens with zero attached hydrogens (tertiary/aromatic N) is 3. The van der Waals surface area contributed by atoms with E-state index in [1.54, 1.807) is 25.1 Å². The molecule has 0 bridgehead atoms. The molecule has 0 saturated heterocycles. The fourth-order valence-electron chi connectivity index (χ4n) is 2.88. The van der Waals surface area contributed by atoms with Gasteiger partial charge in [0.25, 0.3) is 5.56 Å². The van der Waals surface area contributed by atoms with Crippen molar-refractivity contribution in [2.45, 2.75) is 19.4 Å². The fourth-order valence-corrected chi connectivity index (χ4v) is 2.88. The van der Waals surface area contributed by atoms with Gasteiger partial charge in [0.1, 0.15) is 12.1 Å². The molecule has 0 aliphatic carbocycles. The number of benzene rings is 1. The number of nitriles is 2. The Bertz CT molecular complexity index is 1250. The third-order valence-electron chi connectivity index (χ3n) is 4.34. The van der Waals surface area contributed by atoms with E-state index in [0.717, 1.165) is 12.1 Å². The minimum atomic E-state index is -1.17. The minimum absolute atomic E-state index is 0.00982. The summed E-state index contributed by atoms with van der Waals surface area (Å²) in [5.74, 6) is -2.89. The third-order valence-corrected chi connectivity index (χ3v) is 4.34. The van der Waals surface area contributed by atoms with Gasteiger partial charge in [-0.25, -0.2) is 8.78 Å². The van der Waals surface area contributed by atoms with Crippen molar-refractivity contribution >= 4 is 16.8 Å². The molecular formula is C20H13F2N5O2. The van der Waals surface area contributed by atoms with E-state index < -0.39 is 35.6 Å². The average molecular weight is 393 g/mol. The Labute approximate surface area is 163 Å². The SMILES string of the molecule is C[C@@H](NC(=O)Cc1c(C#N)c2cc(F)c(F)cc2[nH]c1=O)c1ccc(C#N)cn1. The van der Waals surface area contributed by atoms with Crippen LogP contribution >= 0.6 is 0 Å². The molecule has 7 nitrogen and oxygen atoms in total. The quantitative estimate of drug-likeness (QED) is 0.705. The summed E-state index contributed by atoms with van der Waals surface area (Å²) in [5, 5.41) is 20.9. The smallest absolute Gasteiger partial charge is 0.253 e. The van der Waals surface area contributed by atoms with Crippen LogP contribution in [-0.4, -0.2) is 15.9 Å². The van der Waals surface area contributed by atoms with E-state index in [4.69, 9.17) is 5.26 Å². The molecule has 0 saturated carbocycles. The molecule has 2 aromatic heterocycles. The summed E-state index contributed by atoms with van der Waals surface area (Å²) in [7, 11) is 0. The second-order valence-electron chi connectivity index (χ2n) is 6.28. The number of amides is 1. The van der Waals surface area contributed by atoms with Gasteiger partial charge in [-0.2, -0.15) is 10.5 Å². The molecule has 9 heteroatoms. The van der Waals surface area contributed by atoms with Crippen LogP contribution in [0.4, 0.5) is 8.78 Å². The number of hydrogen-bond donors (Lipinski definition) is 2. The van der Waals surface area contributed by atoms with Crippen molar-refractivity contribution in [1.29, 1.82) is 10.5 Å². The first kappa shape index (κ1) is 19.6. The summed E-state index contributed by atoms with van der Waals surface area (Å²) in [4.78, 5) is 31.2. The van der Waals surface area contributed by atoms with Crippen LogP contribution in [0.5, 0.6) is 0 Å². The predicted octanol–water partition coefficient (Wildman–Crippen LogP) is 2.36. The van der Waals surface area contributed by atoms with Crippen molar-refractivity contribution in [2.24, 2.45) is 0 Å². The minimum Gasteiger partial charge on any atom is -0.348 e. The second kappa shape index (κ2) is 7.87. The van der Waals surface area contributed by atoms with Gasteiger partial charge in [0.05, 0.1) is 34.8 Å². The van der Waals surface area contributed by atoms with Crippen molar-refractivity contribution in [3.05, 3.63) is 74.8 Å². The van der Waals surface area contributed by atoms with E-state index in [-0.39, 0.29) is 22.0 Å². The number of aromatic nitrogens is 2. The highest BCUT2D eigenvalue weighted by atomic mass is 19.2. The number of carbonyl (C=O) groups is 1. The van der Waals surface area contributed by atoms with Crippen LogP contribution < -0.4 is 10.9 Å². The largest absolute Gasteiger partial charge is 0.348 e. The van der Waals surface area contributed by atoms with Crippen molar-refractivity contribution in [3.63, 3.8) is 0 Å². The summed E-state index contributed by atoms with van der Waals surface area (Å²) in [6.07, 6.45) is 0.932. The van der Waals surface area contributed by atoms with Gasteiger partial charge in [0.15, 0.2) is 11.6 Å². The van der Waals surface area contributed by atoms with Gasteiger partial charge in [-0.1, -0.05) is 0 Å². The third kappa shape index (κ3) is 3.94. The molecule has 144 valence electrons. The molecule has 0 aliphatic rings. The number of nitrogens with one attached hydrogen (secondary N) is 2. The first-order chi connectivity index (χ1) is 13.8. The van der Waals surface area contributed by atoms with Gasteiger partial charge in [-0.3, -0.25) is 14.6 Å². The topological polar surface area (TPSA) is 122 Å². The van der Waals surface area contributed by atoms with Crippen molar-refractivity contribution < 1.29 is 13.6 Å². The molecule has 1 aromatic carbocycles. The number of pyridine rings is 2. The lowest BCUT2D eigenvalue weighted by Gasteiger charge is -2.14. The summed E-state index contributed by atoms with van der Waals surface area (Å²) in [5.41, 5.74) is -0.241. The maximum absolute atomic E-state index is 13.6. The summed E-state index contributed by atoms with van der Waals surface area (Å²) >= 11 is 0. The van der Waals surface area contributed by atoms with Crippen molar-refractivity contribution in [2.75, 3.05) is 0 Å². The number of aromatic amines is 1. The van der Waals surface area contributed by atoms with Gasteiger partial charge in [0, 0.05) is 23.2 Å². The van der Waals surface area contributed by atoms with E-state index >= 15 is 0 Å². The Balaban J connectivity index is 1.89. The molecule has 0 aliphatic heterocycles. The molecule has 1 amide bonds. The van der Waals surface area contributed by atoms with Crippen molar-refractivity contribution in [3.8, 4) is 12.1 Å². The van der Waals surface area contributed by atoms with Crippen LogP contribution in [0.1, 0.15) is 35.3 Å². The number of rotatable bonds is 4. The van der Waals surface area contributed by atoms with Gasteiger partial charge in [0.2, 0.25) is 5.91 Å². The summed E-state index contributed by atoms with van der Waals surface area (Å²) < 4.78 is 27.0. The molecule has 2 N–H and O–H groups in total. The maximum atomic E-state index is 13.6. The number of carbonyl (C=O) groups excluding carboxylic acids is 1. The maximum Gasteiger partial charge on any atom is 0.253 e. The van der Waals surface area contributed by atoms with Crippen LogP contribution in [-0.2, 0) is 11.2 Å². The van der Waals surface area contributed by atoms with Crippen LogP contribution in [0.25, 0.3) is 10.9 Å². The summed E-state index contributed by atoms with van der Waals surface area (Å²) in [6.45, 7) is 1.67. The highest BCUT2D eigenvalue weighted by Gasteiger charge is 2.19. The molecule has 0 spiro atoms. The van der Waals surface area contributed by atoms with E-state index in [9.17, 15) is 23.6 Å². The lowest BCUT2D eigenvalue weighted by Crippen LogP contribution is -2.31. The zero-order chi connectivity index (χ0) is 21.1.